The Balaban J connectivity index is 1.47. The molecule has 0 radical (unpaired) electrons. The lowest BCUT2D eigenvalue weighted by Crippen LogP contribution is -2.22. The number of hydrogen-bond acceptors (Lipinski definition) is 5. The first-order chi connectivity index (χ1) is 17.4. The Bertz CT molecular complexity index is 1730. The second-order valence-corrected chi connectivity index (χ2v) is 9.88. The van der Waals surface area contributed by atoms with Crippen LogP contribution in [0.5, 0.6) is 5.75 Å². The molecule has 7 nitrogen and oxygen atoms in total. The summed E-state index contributed by atoms with van der Waals surface area (Å²) < 4.78 is 35.7. The van der Waals surface area contributed by atoms with E-state index < -0.39 is 10.0 Å². The van der Waals surface area contributed by atoms with Gasteiger partial charge in [0.25, 0.3) is 15.6 Å². The van der Waals surface area contributed by atoms with E-state index >= 15 is 0 Å². The predicted molar refractivity (Wildman–Crippen MR) is 141 cm³/mol. The molecule has 0 fully saturated rings. The number of benzene rings is 4. The van der Waals surface area contributed by atoms with Crippen LogP contribution in [0.4, 0.5) is 5.69 Å². The molecular formula is C28H23N3O4S. The number of rotatable bonds is 6. The number of aromatic nitrogens is 2. The molecule has 36 heavy (non-hydrogen) atoms. The van der Waals surface area contributed by atoms with E-state index in [-0.39, 0.29) is 21.9 Å². The van der Waals surface area contributed by atoms with Gasteiger partial charge in [-0.1, -0.05) is 54.6 Å². The van der Waals surface area contributed by atoms with E-state index in [1.54, 1.807) is 67.6 Å². The summed E-state index contributed by atoms with van der Waals surface area (Å²) in [6, 6.07) is 28.4. The van der Waals surface area contributed by atoms with Crippen LogP contribution in [0.3, 0.4) is 0 Å². The third kappa shape index (κ3) is 4.34. The molecule has 5 aromatic rings. The summed E-state index contributed by atoms with van der Waals surface area (Å²) >= 11 is 0. The summed E-state index contributed by atoms with van der Waals surface area (Å²) in [6.45, 7) is 1.75. The van der Waals surface area contributed by atoms with Gasteiger partial charge in [-0.2, -0.15) is 0 Å². The van der Waals surface area contributed by atoms with Gasteiger partial charge in [0.2, 0.25) is 0 Å². The van der Waals surface area contributed by atoms with E-state index in [1.807, 2.05) is 36.4 Å². The third-order valence-electron chi connectivity index (χ3n) is 5.90. The minimum Gasteiger partial charge on any atom is -0.494 e. The first-order valence-corrected chi connectivity index (χ1v) is 12.7. The van der Waals surface area contributed by atoms with Crippen molar-refractivity contribution in [1.82, 2.24) is 9.55 Å². The van der Waals surface area contributed by atoms with Gasteiger partial charge in [0.05, 0.1) is 34.3 Å². The number of sulfonamides is 1. The lowest BCUT2D eigenvalue weighted by molar-refractivity contribution is 0.416. The number of methoxy groups -OCH3 is 1. The monoisotopic (exact) mass is 497 g/mol. The van der Waals surface area contributed by atoms with Crippen molar-refractivity contribution in [1.29, 1.82) is 0 Å². The van der Waals surface area contributed by atoms with Crippen molar-refractivity contribution in [3.63, 3.8) is 0 Å². The number of nitrogens with one attached hydrogen (secondary N) is 1. The molecule has 1 aromatic heterocycles. The first-order valence-electron chi connectivity index (χ1n) is 11.2. The zero-order chi connectivity index (χ0) is 25.3. The Morgan fingerprint density at radius 2 is 1.50 bits per heavy atom. The molecule has 180 valence electrons. The van der Waals surface area contributed by atoms with E-state index in [1.165, 1.54) is 11.7 Å². The smallest absolute Gasteiger partial charge is 0.265 e. The molecule has 0 unspecified atom stereocenters. The summed E-state index contributed by atoms with van der Waals surface area (Å²) in [5, 5.41) is 0.491. The zero-order valence-electron chi connectivity index (χ0n) is 19.7. The van der Waals surface area contributed by atoms with Gasteiger partial charge in [-0.05, 0) is 54.4 Å². The predicted octanol–water partition coefficient (Wildman–Crippen LogP) is 5.17. The summed E-state index contributed by atoms with van der Waals surface area (Å²) in [5.41, 5.74) is 3.09. The Morgan fingerprint density at radius 3 is 2.22 bits per heavy atom. The van der Waals surface area contributed by atoms with Crippen LogP contribution in [0.25, 0.3) is 27.7 Å². The topological polar surface area (TPSA) is 90.3 Å². The number of ether oxygens (including phenoxy) is 1. The van der Waals surface area contributed by atoms with Gasteiger partial charge in [-0.25, -0.2) is 13.4 Å². The number of fused-ring (bicyclic) bond motifs is 1. The molecule has 1 N–H and O–H groups in total. The highest BCUT2D eigenvalue weighted by molar-refractivity contribution is 7.92. The molecule has 0 bridgehead atoms. The Labute approximate surface area is 208 Å². The Kier molecular flexibility index (Phi) is 6.03. The van der Waals surface area contributed by atoms with Crippen molar-refractivity contribution in [2.24, 2.45) is 0 Å². The minimum absolute atomic E-state index is 0.124. The molecule has 0 aliphatic rings. The van der Waals surface area contributed by atoms with E-state index in [0.717, 1.165) is 11.1 Å². The molecule has 0 aliphatic heterocycles. The highest BCUT2D eigenvalue weighted by atomic mass is 32.2. The highest BCUT2D eigenvalue weighted by Gasteiger charge is 2.18. The molecule has 0 atom stereocenters. The van der Waals surface area contributed by atoms with E-state index in [9.17, 15) is 13.2 Å². The maximum Gasteiger partial charge on any atom is 0.265 e. The summed E-state index contributed by atoms with van der Waals surface area (Å²) in [5.74, 6) is 0.782. The maximum absolute atomic E-state index is 13.1. The fraction of sp³-hybridized carbons (Fsp3) is 0.0714. The van der Waals surface area contributed by atoms with Gasteiger partial charge in [-0.15, -0.1) is 0 Å². The highest BCUT2D eigenvalue weighted by Crippen LogP contribution is 2.30. The molecule has 0 saturated carbocycles. The van der Waals surface area contributed by atoms with Crippen LogP contribution in [0, 0.1) is 6.92 Å². The van der Waals surface area contributed by atoms with Crippen molar-refractivity contribution in [3.8, 4) is 22.6 Å². The molecule has 0 spiro atoms. The van der Waals surface area contributed by atoms with Crippen molar-refractivity contribution in [3.05, 3.63) is 113 Å². The molecule has 0 amide bonds. The number of aryl methyl sites for hydroxylation is 1. The molecule has 4 aromatic carbocycles. The number of anilines is 1. The van der Waals surface area contributed by atoms with Crippen LogP contribution in [0.1, 0.15) is 5.82 Å². The molecule has 0 aliphatic carbocycles. The van der Waals surface area contributed by atoms with Gasteiger partial charge in [0.1, 0.15) is 11.6 Å². The Morgan fingerprint density at radius 1 is 0.833 bits per heavy atom. The molecule has 1 heterocycles. The minimum atomic E-state index is -3.88. The SMILES string of the molecule is COc1cc(-n2c(C)nc3ccccc3c2=O)ccc1NS(=O)(=O)c1ccc(-c2ccccc2)cc1. The molecule has 8 heteroatoms. The van der Waals surface area contributed by atoms with Gasteiger partial charge in [0, 0.05) is 6.07 Å². The van der Waals surface area contributed by atoms with Gasteiger partial charge in [0.15, 0.2) is 0 Å². The van der Waals surface area contributed by atoms with Crippen molar-refractivity contribution in [2.45, 2.75) is 11.8 Å². The fourth-order valence-corrected chi connectivity index (χ4v) is 5.18. The van der Waals surface area contributed by atoms with Crippen LogP contribution in [-0.4, -0.2) is 25.1 Å². The number of hydrogen-bond donors (Lipinski definition) is 1. The second kappa shape index (κ2) is 9.31. The van der Waals surface area contributed by atoms with Gasteiger partial charge >= 0.3 is 0 Å². The van der Waals surface area contributed by atoms with Gasteiger partial charge in [-0.3, -0.25) is 14.1 Å². The average molecular weight is 498 g/mol. The summed E-state index contributed by atoms with van der Waals surface area (Å²) in [7, 11) is -2.43. The lowest BCUT2D eigenvalue weighted by atomic mass is 10.1. The van der Waals surface area contributed by atoms with Crippen LogP contribution in [-0.2, 0) is 10.0 Å². The molecule has 0 saturated heterocycles. The van der Waals surface area contributed by atoms with Crippen LogP contribution < -0.4 is 15.0 Å². The second-order valence-electron chi connectivity index (χ2n) is 8.20. The molecule has 5 rings (SSSR count). The van der Waals surface area contributed by atoms with Crippen molar-refractivity contribution >= 4 is 26.6 Å². The number of nitrogens with zero attached hydrogens (tertiary/aromatic N) is 2. The van der Waals surface area contributed by atoms with Crippen molar-refractivity contribution in [2.75, 3.05) is 11.8 Å². The quantitative estimate of drug-likeness (QED) is 0.350. The maximum atomic E-state index is 13.1. The van der Waals surface area contributed by atoms with Crippen LogP contribution in [0.15, 0.2) is 107 Å². The van der Waals surface area contributed by atoms with Gasteiger partial charge < -0.3 is 4.74 Å². The lowest BCUT2D eigenvalue weighted by Gasteiger charge is -2.16. The van der Waals surface area contributed by atoms with E-state index in [4.69, 9.17) is 4.74 Å². The number of para-hydroxylation sites is 1. The van der Waals surface area contributed by atoms with Crippen LogP contribution in [0.2, 0.25) is 0 Å². The molecular weight excluding hydrogens is 474 g/mol. The van der Waals surface area contributed by atoms with E-state index in [0.29, 0.717) is 22.4 Å². The normalized spacial score (nSPS) is 11.4. The zero-order valence-corrected chi connectivity index (χ0v) is 20.5. The third-order valence-corrected chi connectivity index (χ3v) is 7.28. The standard InChI is InChI=1S/C28H23N3O4S/c1-19-29-25-11-7-6-10-24(25)28(32)31(19)22-14-17-26(27(18-22)35-2)30-36(33,34)23-15-12-21(13-16-23)20-8-4-3-5-9-20/h3-18,30H,1-2H3. The first kappa shape index (κ1) is 23.3. The van der Waals surface area contributed by atoms with E-state index in [2.05, 4.69) is 9.71 Å². The Hall–Kier alpha value is -4.43. The fourth-order valence-electron chi connectivity index (χ4n) is 4.11. The summed E-state index contributed by atoms with van der Waals surface area (Å²) in [4.78, 5) is 17.8. The van der Waals surface area contributed by atoms with Crippen molar-refractivity contribution < 1.29 is 13.2 Å². The van der Waals surface area contributed by atoms with Crippen LogP contribution >= 0.6 is 0 Å². The summed E-state index contributed by atoms with van der Waals surface area (Å²) in [6.07, 6.45) is 0. The largest absolute Gasteiger partial charge is 0.494 e. The average Bonchev–Trinajstić information content (AvgIpc) is 2.90.